The number of thioether (sulfide) groups is 1. The maximum atomic E-state index is 5.41. The van der Waals surface area contributed by atoms with Crippen LogP contribution in [0.4, 0.5) is 0 Å². The topological polar surface area (TPSA) is 18.5 Å². The highest BCUT2D eigenvalue weighted by Crippen LogP contribution is 2.08. The Morgan fingerprint density at radius 1 is 1.29 bits per heavy atom. The molecule has 4 heteroatoms. The van der Waals surface area contributed by atoms with Gasteiger partial charge in [0, 0.05) is 12.4 Å². The number of hydrogen-bond donors (Lipinski definition) is 0. The fourth-order valence-corrected chi connectivity index (χ4v) is 1.80. The van der Waals surface area contributed by atoms with Gasteiger partial charge in [-0.2, -0.15) is 0 Å². The van der Waals surface area contributed by atoms with Gasteiger partial charge in [-0.15, -0.1) is 0 Å². The van der Waals surface area contributed by atoms with Crippen LogP contribution in [0.2, 0.25) is 0 Å². The van der Waals surface area contributed by atoms with E-state index in [2.05, 4.69) is 13.8 Å². The van der Waals surface area contributed by atoms with Crippen molar-refractivity contribution in [1.82, 2.24) is 0 Å². The van der Waals surface area contributed by atoms with Crippen LogP contribution in [0, 0.1) is 5.92 Å². The van der Waals surface area contributed by atoms with Gasteiger partial charge >= 0.3 is 0 Å². The van der Waals surface area contributed by atoms with E-state index in [0.717, 1.165) is 19.0 Å². The maximum absolute atomic E-state index is 5.41. The maximum Gasteiger partial charge on any atom is 0.220 e. The molecule has 0 rings (SSSR count). The lowest BCUT2D eigenvalue weighted by Crippen LogP contribution is -2.09. The first-order chi connectivity index (χ1) is 6.52. The van der Waals surface area contributed by atoms with E-state index in [1.54, 1.807) is 11.8 Å². The summed E-state index contributed by atoms with van der Waals surface area (Å²) in [6.07, 6.45) is 0.173. The van der Waals surface area contributed by atoms with Gasteiger partial charge in [0.05, 0.1) is 12.7 Å². The minimum absolute atomic E-state index is 0.173. The third kappa shape index (κ3) is 10.3. The molecule has 0 fully saturated rings. The second-order valence-corrected chi connectivity index (χ2v) is 5.43. The summed E-state index contributed by atoms with van der Waals surface area (Å²) in [6, 6.07) is 0. The van der Waals surface area contributed by atoms with E-state index in [-0.39, 0.29) is 6.10 Å². The van der Waals surface area contributed by atoms with Crippen molar-refractivity contribution in [2.24, 2.45) is 5.92 Å². The highest BCUT2D eigenvalue weighted by atomic mass is 32.2. The van der Waals surface area contributed by atoms with Crippen molar-refractivity contribution in [1.29, 1.82) is 0 Å². The molecule has 0 unspecified atom stereocenters. The van der Waals surface area contributed by atoms with E-state index in [4.69, 9.17) is 21.7 Å². The van der Waals surface area contributed by atoms with Crippen LogP contribution in [0.15, 0.2) is 0 Å². The summed E-state index contributed by atoms with van der Waals surface area (Å²) >= 11 is 6.56. The van der Waals surface area contributed by atoms with Crippen LogP contribution in [0.5, 0.6) is 0 Å². The zero-order valence-corrected chi connectivity index (χ0v) is 11.0. The SMILES string of the molecule is CC(C)COCCSC(=S)OC(C)C. The van der Waals surface area contributed by atoms with Gasteiger partial charge < -0.3 is 9.47 Å². The normalized spacial score (nSPS) is 11.0. The molecule has 0 radical (unpaired) electrons. The first-order valence-corrected chi connectivity index (χ1v) is 6.33. The molecule has 2 nitrogen and oxygen atoms in total. The Morgan fingerprint density at radius 3 is 2.43 bits per heavy atom. The van der Waals surface area contributed by atoms with E-state index >= 15 is 0 Å². The second-order valence-electron chi connectivity index (χ2n) is 3.73. The van der Waals surface area contributed by atoms with Crippen LogP contribution < -0.4 is 0 Å². The fraction of sp³-hybridized carbons (Fsp3) is 0.900. The lowest BCUT2D eigenvalue weighted by Gasteiger charge is -2.10. The number of rotatable bonds is 6. The van der Waals surface area contributed by atoms with Gasteiger partial charge in [-0.1, -0.05) is 25.6 Å². The van der Waals surface area contributed by atoms with Crippen LogP contribution in [-0.4, -0.2) is 29.5 Å². The molecule has 0 amide bonds. The standard InChI is InChI=1S/C10H20O2S2/c1-8(2)7-11-5-6-14-10(13)12-9(3)4/h8-9H,5-7H2,1-4H3. The zero-order chi connectivity index (χ0) is 11.0. The van der Waals surface area contributed by atoms with E-state index in [1.165, 1.54) is 0 Å². The molecule has 0 aromatic heterocycles. The van der Waals surface area contributed by atoms with Crippen LogP contribution in [0.3, 0.4) is 0 Å². The summed E-state index contributed by atoms with van der Waals surface area (Å²) < 4.78 is 11.3. The van der Waals surface area contributed by atoms with Gasteiger partial charge in [0.15, 0.2) is 0 Å². The largest absolute Gasteiger partial charge is 0.476 e. The predicted molar refractivity (Wildman–Crippen MR) is 66.9 cm³/mol. The van der Waals surface area contributed by atoms with Gasteiger partial charge in [-0.05, 0) is 32.0 Å². The molecule has 0 aliphatic heterocycles. The molecule has 0 aliphatic rings. The summed E-state index contributed by atoms with van der Waals surface area (Å²) in [5, 5.41) is 0. The van der Waals surface area contributed by atoms with Crippen molar-refractivity contribution >= 4 is 28.4 Å². The van der Waals surface area contributed by atoms with Gasteiger partial charge in [0.2, 0.25) is 4.38 Å². The van der Waals surface area contributed by atoms with Crippen LogP contribution in [0.25, 0.3) is 0 Å². The van der Waals surface area contributed by atoms with Gasteiger partial charge in [-0.3, -0.25) is 0 Å². The summed E-state index contributed by atoms with van der Waals surface area (Å²) in [7, 11) is 0. The first kappa shape index (κ1) is 14.2. The number of ether oxygens (including phenoxy) is 2. The fourth-order valence-electron chi connectivity index (χ4n) is 0.729. The summed E-state index contributed by atoms with van der Waals surface area (Å²) in [4.78, 5) is 0. The van der Waals surface area contributed by atoms with Crippen molar-refractivity contribution in [2.75, 3.05) is 19.0 Å². The average molecular weight is 236 g/mol. The molecule has 0 heterocycles. The molecule has 0 aliphatic carbocycles. The quantitative estimate of drug-likeness (QED) is 0.521. The van der Waals surface area contributed by atoms with Gasteiger partial charge in [-0.25, -0.2) is 0 Å². The van der Waals surface area contributed by atoms with Crippen molar-refractivity contribution in [3.8, 4) is 0 Å². The Bertz CT molecular complexity index is 158. The Balaban J connectivity index is 3.23. The summed E-state index contributed by atoms with van der Waals surface area (Å²) in [6.45, 7) is 9.78. The van der Waals surface area contributed by atoms with Crippen molar-refractivity contribution in [3.63, 3.8) is 0 Å². The van der Waals surface area contributed by atoms with E-state index in [0.29, 0.717) is 10.3 Å². The van der Waals surface area contributed by atoms with Crippen LogP contribution in [0.1, 0.15) is 27.7 Å². The summed E-state index contributed by atoms with van der Waals surface area (Å²) in [5.41, 5.74) is 0. The molecule has 0 saturated carbocycles. The lowest BCUT2D eigenvalue weighted by atomic mass is 10.2. The Morgan fingerprint density at radius 2 is 1.93 bits per heavy atom. The highest BCUT2D eigenvalue weighted by Gasteiger charge is 2.01. The minimum atomic E-state index is 0.173. The first-order valence-electron chi connectivity index (χ1n) is 4.93. The molecule has 0 N–H and O–H groups in total. The molecule has 84 valence electrons. The molecule has 0 aromatic carbocycles. The predicted octanol–water partition coefficient (Wildman–Crippen LogP) is 3.10. The van der Waals surface area contributed by atoms with E-state index in [9.17, 15) is 0 Å². The Labute approximate surface area is 96.7 Å². The van der Waals surface area contributed by atoms with Crippen LogP contribution >= 0.6 is 24.0 Å². The van der Waals surface area contributed by atoms with Gasteiger partial charge in [0.1, 0.15) is 0 Å². The molecular formula is C10H20O2S2. The Hall–Kier alpha value is 0.200. The third-order valence-corrected chi connectivity index (χ3v) is 2.38. The molecular weight excluding hydrogens is 216 g/mol. The smallest absolute Gasteiger partial charge is 0.220 e. The van der Waals surface area contributed by atoms with Gasteiger partial charge in [0.25, 0.3) is 0 Å². The number of hydrogen-bond acceptors (Lipinski definition) is 4. The molecule has 0 bridgehead atoms. The highest BCUT2D eigenvalue weighted by molar-refractivity contribution is 8.22. The van der Waals surface area contributed by atoms with E-state index < -0.39 is 0 Å². The molecule has 14 heavy (non-hydrogen) atoms. The monoisotopic (exact) mass is 236 g/mol. The van der Waals surface area contributed by atoms with E-state index in [1.807, 2.05) is 13.8 Å². The van der Waals surface area contributed by atoms with Crippen LogP contribution in [-0.2, 0) is 9.47 Å². The zero-order valence-electron chi connectivity index (χ0n) is 9.41. The Kier molecular flexibility index (Phi) is 8.63. The van der Waals surface area contributed by atoms with Crippen molar-refractivity contribution < 1.29 is 9.47 Å². The molecule has 0 atom stereocenters. The molecule has 0 saturated heterocycles. The lowest BCUT2D eigenvalue weighted by molar-refractivity contribution is 0.124. The molecule has 0 spiro atoms. The third-order valence-electron chi connectivity index (χ3n) is 1.23. The van der Waals surface area contributed by atoms with Crippen molar-refractivity contribution in [2.45, 2.75) is 33.8 Å². The molecule has 0 aromatic rings. The second kappa shape index (κ2) is 8.50. The summed E-state index contributed by atoms with van der Waals surface area (Å²) in [5.74, 6) is 1.47. The number of thiocarbonyl (C=S) groups is 1. The van der Waals surface area contributed by atoms with Crippen molar-refractivity contribution in [3.05, 3.63) is 0 Å². The minimum Gasteiger partial charge on any atom is -0.476 e. The average Bonchev–Trinajstić information content (AvgIpc) is 2.01.